The number of halogens is 1. The number of aromatic nitrogens is 2. The molecule has 2 aromatic rings. The minimum Gasteiger partial charge on any atom is -0.444 e. The van der Waals surface area contributed by atoms with E-state index in [0.29, 0.717) is 24.2 Å². The second kappa shape index (κ2) is 6.04. The summed E-state index contributed by atoms with van der Waals surface area (Å²) in [6.07, 6.45) is 5.49. The molecular weight excluding hydrogens is 314 g/mol. The lowest BCUT2D eigenvalue weighted by molar-refractivity contribution is 0.0205. The highest BCUT2D eigenvalue weighted by Gasteiger charge is 2.28. The van der Waals surface area contributed by atoms with Crippen LogP contribution >= 0.6 is 11.6 Å². The van der Waals surface area contributed by atoms with E-state index in [1.165, 1.54) is 5.56 Å². The smallest absolute Gasteiger partial charge is 0.410 e. The summed E-state index contributed by atoms with van der Waals surface area (Å²) in [5.74, 6) is 0.422. The van der Waals surface area contributed by atoms with Crippen molar-refractivity contribution in [3.63, 3.8) is 0 Å². The van der Waals surface area contributed by atoms with Gasteiger partial charge in [-0.05, 0) is 51.2 Å². The first-order valence-electron chi connectivity index (χ1n) is 7.94. The summed E-state index contributed by atoms with van der Waals surface area (Å²) < 4.78 is 5.44. The summed E-state index contributed by atoms with van der Waals surface area (Å²) in [6.45, 7) is 7.10. The Kier molecular flexibility index (Phi) is 4.23. The zero-order chi connectivity index (χ0) is 16.6. The molecule has 23 heavy (non-hydrogen) atoms. The van der Waals surface area contributed by atoms with Crippen LogP contribution in [0, 0.1) is 0 Å². The van der Waals surface area contributed by atoms with Gasteiger partial charge in [0.1, 0.15) is 10.8 Å². The van der Waals surface area contributed by atoms with Gasteiger partial charge in [-0.3, -0.25) is 0 Å². The molecule has 0 radical (unpaired) electrons. The van der Waals surface area contributed by atoms with Crippen molar-refractivity contribution < 1.29 is 9.53 Å². The number of likely N-dealkylation sites (tertiary alicyclic amines) is 1. The number of nitrogens with one attached hydrogen (secondary N) is 1. The molecule has 1 aliphatic heterocycles. The van der Waals surface area contributed by atoms with E-state index in [-0.39, 0.29) is 6.09 Å². The Hall–Kier alpha value is -1.75. The third-order valence-corrected chi connectivity index (χ3v) is 4.36. The summed E-state index contributed by atoms with van der Waals surface area (Å²) in [5, 5.41) is 1.61. The summed E-state index contributed by atoms with van der Waals surface area (Å²) in [5.41, 5.74) is 1.82. The van der Waals surface area contributed by atoms with Gasteiger partial charge in [-0.15, -0.1) is 0 Å². The summed E-state index contributed by atoms with van der Waals surface area (Å²) in [4.78, 5) is 21.4. The van der Waals surface area contributed by atoms with Gasteiger partial charge in [0.05, 0.1) is 5.52 Å². The van der Waals surface area contributed by atoms with Crippen molar-refractivity contribution in [1.82, 2.24) is 14.9 Å². The lowest BCUT2D eigenvalue weighted by atomic mass is 9.90. The second-order valence-corrected chi connectivity index (χ2v) is 7.43. The lowest BCUT2D eigenvalue weighted by Gasteiger charge is -2.33. The Morgan fingerprint density at radius 2 is 2.09 bits per heavy atom. The maximum Gasteiger partial charge on any atom is 0.410 e. The van der Waals surface area contributed by atoms with E-state index in [1.54, 1.807) is 4.90 Å². The third kappa shape index (κ3) is 3.61. The van der Waals surface area contributed by atoms with E-state index < -0.39 is 5.60 Å². The van der Waals surface area contributed by atoms with Gasteiger partial charge < -0.3 is 14.6 Å². The Morgan fingerprint density at radius 1 is 1.39 bits per heavy atom. The van der Waals surface area contributed by atoms with Gasteiger partial charge in [-0.25, -0.2) is 9.78 Å². The minimum absolute atomic E-state index is 0.219. The van der Waals surface area contributed by atoms with Crippen molar-refractivity contribution in [3.8, 4) is 0 Å². The van der Waals surface area contributed by atoms with E-state index in [4.69, 9.17) is 16.3 Å². The fourth-order valence-corrected chi connectivity index (χ4v) is 3.21. The van der Waals surface area contributed by atoms with Gasteiger partial charge in [-0.1, -0.05) is 11.6 Å². The van der Waals surface area contributed by atoms with Crippen molar-refractivity contribution in [3.05, 3.63) is 29.2 Å². The maximum atomic E-state index is 12.1. The molecule has 0 aromatic carbocycles. The molecule has 2 aromatic heterocycles. The molecule has 0 atom stereocenters. The number of fused-ring (bicyclic) bond motifs is 1. The van der Waals surface area contributed by atoms with E-state index in [0.717, 1.165) is 23.7 Å². The van der Waals surface area contributed by atoms with Crippen LogP contribution in [0.4, 0.5) is 4.79 Å². The number of hydrogen-bond donors (Lipinski definition) is 1. The molecule has 1 aliphatic rings. The van der Waals surface area contributed by atoms with Crippen molar-refractivity contribution in [1.29, 1.82) is 0 Å². The molecule has 1 saturated heterocycles. The molecule has 6 heteroatoms. The second-order valence-electron chi connectivity index (χ2n) is 7.04. The van der Waals surface area contributed by atoms with Crippen molar-refractivity contribution in [2.45, 2.75) is 45.1 Å². The number of piperidine rings is 1. The van der Waals surface area contributed by atoms with Crippen LogP contribution in [-0.2, 0) is 4.74 Å². The highest BCUT2D eigenvalue weighted by molar-refractivity contribution is 6.30. The predicted molar refractivity (Wildman–Crippen MR) is 90.9 cm³/mol. The number of aromatic amines is 1. The average molecular weight is 336 g/mol. The molecule has 5 nitrogen and oxygen atoms in total. The van der Waals surface area contributed by atoms with E-state index in [2.05, 4.69) is 9.97 Å². The number of amides is 1. The Morgan fingerprint density at radius 3 is 2.74 bits per heavy atom. The van der Waals surface area contributed by atoms with Crippen LogP contribution in [0.1, 0.15) is 45.1 Å². The monoisotopic (exact) mass is 335 g/mol. The van der Waals surface area contributed by atoms with Crippen molar-refractivity contribution in [2.24, 2.45) is 0 Å². The average Bonchev–Trinajstić information content (AvgIpc) is 2.88. The number of ether oxygens (including phenoxy) is 1. The fourth-order valence-electron chi connectivity index (χ4n) is 3.05. The van der Waals surface area contributed by atoms with Crippen molar-refractivity contribution >= 4 is 28.6 Å². The Bertz CT molecular complexity index is 712. The number of hydrogen-bond acceptors (Lipinski definition) is 3. The van der Waals surface area contributed by atoms with Gasteiger partial charge in [0.2, 0.25) is 0 Å². The number of nitrogens with zero attached hydrogens (tertiary/aromatic N) is 2. The molecule has 0 spiro atoms. The maximum absolute atomic E-state index is 12.1. The molecule has 0 saturated carbocycles. The lowest BCUT2D eigenvalue weighted by Crippen LogP contribution is -2.41. The van der Waals surface area contributed by atoms with Gasteiger partial charge in [-0.2, -0.15) is 0 Å². The molecule has 0 aliphatic carbocycles. The van der Waals surface area contributed by atoms with E-state index >= 15 is 0 Å². The molecule has 1 amide bonds. The first-order chi connectivity index (χ1) is 10.8. The number of H-pyrrole nitrogens is 1. The quantitative estimate of drug-likeness (QED) is 0.789. The van der Waals surface area contributed by atoms with Crippen LogP contribution in [0.25, 0.3) is 10.9 Å². The SMILES string of the molecule is CC(C)(C)OC(=O)N1CCC(c2c[nH]c3cc(Cl)ncc23)CC1. The first-order valence-corrected chi connectivity index (χ1v) is 8.32. The molecule has 0 bridgehead atoms. The molecule has 1 fully saturated rings. The zero-order valence-electron chi connectivity index (χ0n) is 13.7. The van der Waals surface area contributed by atoms with Gasteiger partial charge in [0.15, 0.2) is 0 Å². The molecule has 0 unspecified atom stereocenters. The number of carbonyl (C=O) groups excluding carboxylic acids is 1. The van der Waals surface area contributed by atoms with E-state index in [9.17, 15) is 4.79 Å². The van der Waals surface area contributed by atoms with Crippen molar-refractivity contribution in [2.75, 3.05) is 13.1 Å². The molecule has 124 valence electrons. The normalized spacial score (nSPS) is 16.8. The predicted octanol–water partition coefficient (Wildman–Crippen LogP) is 4.33. The van der Waals surface area contributed by atoms with Gasteiger partial charge in [0.25, 0.3) is 0 Å². The van der Waals surface area contributed by atoms with Crippen LogP contribution < -0.4 is 0 Å². The van der Waals surface area contributed by atoms with Crippen LogP contribution in [-0.4, -0.2) is 39.7 Å². The van der Waals surface area contributed by atoms with Crippen LogP contribution in [0.2, 0.25) is 5.15 Å². The Labute approximate surface area is 141 Å². The summed E-state index contributed by atoms with van der Waals surface area (Å²) in [7, 11) is 0. The largest absolute Gasteiger partial charge is 0.444 e. The topological polar surface area (TPSA) is 58.2 Å². The third-order valence-electron chi connectivity index (χ3n) is 4.15. The molecule has 1 N–H and O–H groups in total. The zero-order valence-corrected chi connectivity index (χ0v) is 14.5. The summed E-state index contributed by atoms with van der Waals surface area (Å²) >= 11 is 5.93. The summed E-state index contributed by atoms with van der Waals surface area (Å²) in [6, 6.07) is 1.84. The van der Waals surface area contributed by atoms with Crippen LogP contribution in [0.3, 0.4) is 0 Å². The Balaban J connectivity index is 1.67. The minimum atomic E-state index is -0.449. The fraction of sp³-hybridized carbons (Fsp3) is 0.529. The standard InChI is InChI=1S/C17H22ClN3O2/c1-17(2,3)23-16(22)21-6-4-11(5-7-21)12-9-19-14-8-15(18)20-10-13(12)14/h8-11,19H,4-7H2,1-3H3. The number of pyridine rings is 1. The first kappa shape index (κ1) is 16.1. The van der Waals surface area contributed by atoms with Gasteiger partial charge in [0, 0.05) is 30.9 Å². The number of rotatable bonds is 1. The highest BCUT2D eigenvalue weighted by atomic mass is 35.5. The number of carbonyl (C=O) groups is 1. The van der Waals surface area contributed by atoms with Crippen LogP contribution in [0.15, 0.2) is 18.5 Å². The molecular formula is C17H22ClN3O2. The van der Waals surface area contributed by atoms with Gasteiger partial charge >= 0.3 is 6.09 Å². The van der Waals surface area contributed by atoms with Crippen LogP contribution in [0.5, 0.6) is 0 Å². The van der Waals surface area contributed by atoms with E-state index in [1.807, 2.05) is 39.2 Å². The highest BCUT2D eigenvalue weighted by Crippen LogP contribution is 2.33. The molecule has 3 heterocycles. The molecule has 3 rings (SSSR count).